The Hall–Kier alpha value is -2.57. The largest absolute Gasteiger partial charge is 0.454 e. The number of ether oxygens (including phenoxy) is 1. The number of fused-ring (bicyclic) bond motifs is 5. The molecule has 0 aliphatic heterocycles. The lowest BCUT2D eigenvalue weighted by Gasteiger charge is -2.59. The Labute approximate surface area is 251 Å². The fraction of sp³-hybridized carbons (Fsp3) is 0.639. The SMILES string of the molecule is CC(C)=CCC/C(C)=C/CC/C(C)=C/C(=O)OCC(=O)[C@@]1(O)CC[C@H]2[C@@H]3CCC4=CC(=O)C=C[C@@]4(C)[C@H]3[C@@H](O)C[C@@]21C. The summed E-state index contributed by atoms with van der Waals surface area (Å²) in [7, 11) is 0. The van der Waals surface area contributed by atoms with E-state index >= 15 is 0 Å². The Balaban J connectivity index is 1.36. The summed E-state index contributed by atoms with van der Waals surface area (Å²) >= 11 is 0. The first-order valence-electron chi connectivity index (χ1n) is 15.7. The third-order valence-corrected chi connectivity index (χ3v) is 10.9. The molecule has 3 saturated carbocycles. The number of ketones is 2. The van der Waals surface area contributed by atoms with Crippen molar-refractivity contribution in [3.63, 3.8) is 0 Å². The molecule has 0 amide bonds. The van der Waals surface area contributed by atoms with Gasteiger partial charge in [-0.1, -0.05) is 54.4 Å². The highest BCUT2D eigenvalue weighted by Gasteiger charge is 2.68. The second-order valence-electron chi connectivity index (χ2n) is 14.0. The molecule has 0 unspecified atom stereocenters. The quantitative estimate of drug-likeness (QED) is 0.174. The zero-order valence-electron chi connectivity index (χ0n) is 26.4. The van der Waals surface area contributed by atoms with E-state index in [1.807, 2.05) is 19.9 Å². The van der Waals surface area contributed by atoms with E-state index in [1.165, 1.54) is 17.2 Å². The number of Topliss-reactive ketones (excluding diaryl/α,β-unsaturated/α-hetero) is 1. The molecule has 0 heterocycles. The Morgan fingerprint density at radius 3 is 2.45 bits per heavy atom. The zero-order valence-corrected chi connectivity index (χ0v) is 26.4. The van der Waals surface area contributed by atoms with Gasteiger partial charge in [-0.05, 0) is 109 Å². The van der Waals surface area contributed by atoms with E-state index < -0.39 is 40.9 Å². The van der Waals surface area contributed by atoms with Crippen LogP contribution in [0.25, 0.3) is 0 Å². The lowest BCUT2D eigenvalue weighted by Crippen LogP contribution is -2.61. The van der Waals surface area contributed by atoms with Gasteiger partial charge in [-0.15, -0.1) is 0 Å². The number of carbonyl (C=O) groups is 3. The first-order valence-corrected chi connectivity index (χ1v) is 15.7. The Bertz CT molecular complexity index is 1250. The highest BCUT2D eigenvalue weighted by atomic mass is 16.5. The number of rotatable bonds is 10. The maximum Gasteiger partial charge on any atom is 0.331 e. The van der Waals surface area contributed by atoms with Crippen LogP contribution < -0.4 is 0 Å². The molecular formula is C36H50O6. The Kier molecular flexibility index (Phi) is 9.69. The summed E-state index contributed by atoms with van der Waals surface area (Å²) in [6, 6.07) is 0. The van der Waals surface area contributed by atoms with Gasteiger partial charge in [0.2, 0.25) is 5.78 Å². The summed E-state index contributed by atoms with van der Waals surface area (Å²) < 4.78 is 5.35. The number of allylic oxidation sites excluding steroid dienone is 9. The summed E-state index contributed by atoms with van der Waals surface area (Å²) in [5.74, 6) is -0.957. The molecule has 2 N–H and O–H groups in total. The standard InChI is InChI=1S/C36H50O6/c1-23(2)9-7-10-24(3)11-8-12-25(4)19-32(40)42-22-31(39)36(41)18-16-29-28-14-13-26-20-27(37)15-17-34(26,5)33(28)30(38)21-35(29,36)6/h9,11,15,17,19-20,28-30,33,38,41H,7-8,10,12-14,16,18,21-22H2,1-6H3/b24-11+,25-19+/t28-,29-,30-,33+,34+,35-,36-/m0/s1. The van der Waals surface area contributed by atoms with E-state index in [2.05, 4.69) is 39.8 Å². The highest BCUT2D eigenvalue weighted by molar-refractivity contribution is 6.01. The van der Waals surface area contributed by atoms with Gasteiger partial charge in [-0.2, -0.15) is 0 Å². The van der Waals surface area contributed by atoms with Gasteiger partial charge < -0.3 is 14.9 Å². The van der Waals surface area contributed by atoms with Crippen LogP contribution in [0.4, 0.5) is 0 Å². The van der Waals surface area contributed by atoms with Crippen molar-refractivity contribution >= 4 is 17.5 Å². The normalized spacial score (nSPS) is 36.0. The van der Waals surface area contributed by atoms with Gasteiger partial charge >= 0.3 is 5.97 Å². The molecule has 6 heteroatoms. The topological polar surface area (TPSA) is 101 Å². The molecule has 0 aromatic rings. The van der Waals surface area contributed by atoms with Crippen LogP contribution in [0.3, 0.4) is 0 Å². The van der Waals surface area contributed by atoms with Gasteiger partial charge in [-0.3, -0.25) is 9.59 Å². The van der Waals surface area contributed by atoms with Crippen LogP contribution in [0, 0.1) is 28.6 Å². The second-order valence-corrected chi connectivity index (χ2v) is 14.0. The molecule has 0 bridgehead atoms. The molecule has 6 nitrogen and oxygen atoms in total. The maximum atomic E-state index is 13.5. The van der Waals surface area contributed by atoms with Crippen LogP contribution in [-0.4, -0.2) is 46.1 Å². The predicted octanol–water partition coefficient (Wildman–Crippen LogP) is 6.53. The third kappa shape index (κ3) is 6.21. The molecule has 0 aromatic carbocycles. The van der Waals surface area contributed by atoms with Crippen LogP contribution >= 0.6 is 0 Å². The third-order valence-electron chi connectivity index (χ3n) is 10.9. The number of hydrogen-bond donors (Lipinski definition) is 2. The van der Waals surface area contributed by atoms with E-state index in [0.29, 0.717) is 19.3 Å². The van der Waals surface area contributed by atoms with Crippen molar-refractivity contribution in [1.29, 1.82) is 0 Å². The number of hydrogen-bond acceptors (Lipinski definition) is 6. The summed E-state index contributed by atoms with van der Waals surface area (Å²) in [6.07, 6.45) is 16.9. The van der Waals surface area contributed by atoms with E-state index in [9.17, 15) is 24.6 Å². The second kappa shape index (κ2) is 12.6. The van der Waals surface area contributed by atoms with Crippen molar-refractivity contribution in [3.8, 4) is 0 Å². The van der Waals surface area contributed by atoms with Crippen molar-refractivity contribution in [2.45, 2.75) is 111 Å². The number of carbonyl (C=O) groups excluding carboxylic acids is 3. The number of aliphatic hydroxyl groups excluding tert-OH is 1. The molecule has 4 rings (SSSR count). The van der Waals surface area contributed by atoms with Gasteiger partial charge in [0.1, 0.15) is 5.60 Å². The average molecular weight is 579 g/mol. The predicted molar refractivity (Wildman–Crippen MR) is 164 cm³/mol. The van der Waals surface area contributed by atoms with Gasteiger partial charge in [0.15, 0.2) is 12.4 Å². The maximum absolute atomic E-state index is 13.5. The Morgan fingerprint density at radius 2 is 1.74 bits per heavy atom. The molecule has 3 fully saturated rings. The summed E-state index contributed by atoms with van der Waals surface area (Å²) in [5, 5.41) is 23.4. The molecule has 4 aliphatic carbocycles. The minimum Gasteiger partial charge on any atom is -0.454 e. The minimum atomic E-state index is -1.66. The van der Waals surface area contributed by atoms with Gasteiger partial charge in [0.05, 0.1) is 6.10 Å². The molecule has 0 aromatic heterocycles. The van der Waals surface area contributed by atoms with Crippen LogP contribution in [0.1, 0.15) is 99.3 Å². The van der Waals surface area contributed by atoms with E-state index in [0.717, 1.165) is 49.7 Å². The van der Waals surface area contributed by atoms with E-state index in [4.69, 9.17) is 4.74 Å². The molecular weight excluding hydrogens is 528 g/mol. The Morgan fingerprint density at radius 1 is 1.05 bits per heavy atom. The fourth-order valence-corrected chi connectivity index (χ4v) is 8.60. The summed E-state index contributed by atoms with van der Waals surface area (Å²) in [4.78, 5) is 38.1. The van der Waals surface area contributed by atoms with E-state index in [-0.39, 0.29) is 23.5 Å². The van der Waals surface area contributed by atoms with E-state index in [1.54, 1.807) is 12.2 Å². The minimum absolute atomic E-state index is 0.00542. The zero-order chi connectivity index (χ0) is 30.9. The molecule has 4 aliphatic rings. The molecule has 7 atom stereocenters. The molecule has 0 spiro atoms. The molecule has 0 saturated heterocycles. The van der Waals surface area contributed by atoms with Gasteiger partial charge in [0.25, 0.3) is 0 Å². The van der Waals surface area contributed by atoms with Crippen LogP contribution in [-0.2, 0) is 19.1 Å². The van der Waals surface area contributed by atoms with Crippen molar-refractivity contribution in [2.75, 3.05) is 6.61 Å². The lowest BCUT2D eigenvalue weighted by atomic mass is 9.46. The first kappa shape index (κ1) is 32.3. The first-order chi connectivity index (χ1) is 19.7. The van der Waals surface area contributed by atoms with Crippen molar-refractivity contribution in [2.24, 2.45) is 28.6 Å². The lowest BCUT2D eigenvalue weighted by molar-refractivity contribution is -0.180. The van der Waals surface area contributed by atoms with Crippen LogP contribution in [0.2, 0.25) is 0 Å². The highest BCUT2D eigenvalue weighted by Crippen LogP contribution is 2.67. The monoisotopic (exact) mass is 578 g/mol. The molecule has 0 radical (unpaired) electrons. The average Bonchev–Trinajstić information content (AvgIpc) is 3.18. The molecule has 230 valence electrons. The molecule has 42 heavy (non-hydrogen) atoms. The summed E-state index contributed by atoms with van der Waals surface area (Å²) in [6.45, 7) is 11.8. The van der Waals surface area contributed by atoms with Crippen molar-refractivity contribution in [3.05, 3.63) is 58.7 Å². The van der Waals surface area contributed by atoms with Crippen molar-refractivity contribution in [1.82, 2.24) is 0 Å². The fourth-order valence-electron chi connectivity index (χ4n) is 8.60. The van der Waals surface area contributed by atoms with Crippen LogP contribution in [0.15, 0.2) is 58.7 Å². The smallest absolute Gasteiger partial charge is 0.331 e. The van der Waals surface area contributed by atoms with Crippen LogP contribution in [0.5, 0.6) is 0 Å². The number of esters is 1. The number of aliphatic hydroxyl groups is 2. The summed E-state index contributed by atoms with van der Waals surface area (Å²) in [5.41, 5.74) is 1.73. The van der Waals surface area contributed by atoms with Gasteiger partial charge in [-0.25, -0.2) is 4.79 Å². The van der Waals surface area contributed by atoms with Gasteiger partial charge in [0, 0.05) is 22.8 Å². The van der Waals surface area contributed by atoms with Crippen molar-refractivity contribution < 1.29 is 29.3 Å².